The maximum absolute atomic E-state index is 12.4. The quantitative estimate of drug-likeness (QED) is 0.623. The minimum atomic E-state index is -0.838. The second-order valence-corrected chi connectivity index (χ2v) is 5.27. The van der Waals surface area contributed by atoms with Crippen LogP contribution in [0.25, 0.3) is 0 Å². The fraction of sp³-hybridized carbons (Fsp3) is 0.846. The lowest BCUT2D eigenvalue weighted by Crippen LogP contribution is -2.52. The number of aliphatic carboxylic acids is 1. The second kappa shape index (κ2) is 7.45. The van der Waals surface area contributed by atoms with Gasteiger partial charge in [-0.2, -0.15) is 0 Å². The molecule has 0 saturated carbocycles. The lowest BCUT2D eigenvalue weighted by Gasteiger charge is -2.36. The van der Waals surface area contributed by atoms with Gasteiger partial charge < -0.3 is 20.5 Å². The van der Waals surface area contributed by atoms with Crippen molar-refractivity contribution in [1.82, 2.24) is 10.6 Å². The Labute approximate surface area is 113 Å². The van der Waals surface area contributed by atoms with Gasteiger partial charge in [-0.3, -0.25) is 9.59 Å². The highest BCUT2D eigenvalue weighted by Crippen LogP contribution is 2.29. The van der Waals surface area contributed by atoms with Crippen molar-refractivity contribution in [3.05, 3.63) is 0 Å². The Hall–Kier alpha value is -1.14. The molecular weight excluding hydrogens is 248 g/mol. The van der Waals surface area contributed by atoms with Gasteiger partial charge in [0.05, 0.1) is 12.0 Å². The molecule has 110 valence electrons. The molecule has 0 aliphatic carbocycles. The molecule has 0 aromatic rings. The van der Waals surface area contributed by atoms with E-state index in [1.54, 1.807) is 7.11 Å². The third-order valence-corrected chi connectivity index (χ3v) is 3.63. The zero-order chi connectivity index (χ0) is 14.3. The monoisotopic (exact) mass is 272 g/mol. The van der Waals surface area contributed by atoms with Crippen LogP contribution in [-0.2, 0) is 14.3 Å². The summed E-state index contributed by atoms with van der Waals surface area (Å²) in [4.78, 5) is 22.9. The van der Waals surface area contributed by atoms with Gasteiger partial charge in [-0.15, -0.1) is 0 Å². The molecule has 1 saturated heterocycles. The maximum Gasteiger partial charge on any atom is 0.303 e. The zero-order valence-corrected chi connectivity index (χ0v) is 11.7. The van der Waals surface area contributed by atoms with Crippen LogP contribution >= 0.6 is 0 Å². The van der Waals surface area contributed by atoms with E-state index in [2.05, 4.69) is 10.6 Å². The van der Waals surface area contributed by atoms with Crippen LogP contribution < -0.4 is 10.6 Å². The first-order chi connectivity index (χ1) is 9.00. The van der Waals surface area contributed by atoms with E-state index in [1.807, 2.05) is 6.92 Å². The number of rotatable bonds is 7. The van der Waals surface area contributed by atoms with Gasteiger partial charge in [0, 0.05) is 19.6 Å². The predicted octanol–water partition coefficient (Wildman–Crippen LogP) is 0.372. The van der Waals surface area contributed by atoms with Crippen LogP contribution in [0, 0.1) is 5.41 Å². The number of methoxy groups -OCH3 is 1. The molecule has 1 amide bonds. The van der Waals surface area contributed by atoms with E-state index in [0.29, 0.717) is 13.0 Å². The molecule has 0 bridgehead atoms. The van der Waals surface area contributed by atoms with Crippen molar-refractivity contribution < 1.29 is 19.4 Å². The fourth-order valence-corrected chi connectivity index (χ4v) is 2.41. The number of carboxylic acid groups (broad SMARTS) is 1. The standard InChI is InChI=1S/C13H24N2O4/c1-10(3-4-11(16)17)15-12(18)13(9-19-2)5-7-14-8-6-13/h10,14H,3-9H2,1-2H3,(H,15,18)(H,16,17). The van der Waals surface area contributed by atoms with Crippen LogP contribution in [-0.4, -0.2) is 49.8 Å². The summed E-state index contributed by atoms with van der Waals surface area (Å²) >= 11 is 0. The van der Waals surface area contributed by atoms with Crippen molar-refractivity contribution in [2.45, 2.75) is 38.6 Å². The molecular formula is C13H24N2O4. The van der Waals surface area contributed by atoms with Crippen LogP contribution in [0.15, 0.2) is 0 Å². The zero-order valence-electron chi connectivity index (χ0n) is 11.7. The van der Waals surface area contributed by atoms with E-state index < -0.39 is 11.4 Å². The highest BCUT2D eigenvalue weighted by atomic mass is 16.5. The first-order valence-electron chi connectivity index (χ1n) is 6.72. The molecule has 0 spiro atoms. The molecule has 1 aliphatic rings. The molecule has 6 heteroatoms. The Morgan fingerprint density at radius 2 is 2.05 bits per heavy atom. The molecule has 1 aliphatic heterocycles. The molecule has 0 aromatic heterocycles. The molecule has 3 N–H and O–H groups in total. The number of carbonyl (C=O) groups excluding carboxylic acids is 1. The summed E-state index contributed by atoms with van der Waals surface area (Å²) in [5.74, 6) is -0.858. The smallest absolute Gasteiger partial charge is 0.303 e. The van der Waals surface area contributed by atoms with E-state index in [9.17, 15) is 9.59 Å². The average molecular weight is 272 g/mol. The Bertz CT molecular complexity index is 308. The molecule has 0 aromatic carbocycles. The largest absolute Gasteiger partial charge is 0.481 e. The van der Waals surface area contributed by atoms with Crippen molar-refractivity contribution >= 4 is 11.9 Å². The van der Waals surface area contributed by atoms with Crippen LogP contribution in [0.5, 0.6) is 0 Å². The van der Waals surface area contributed by atoms with Crippen molar-refractivity contribution in [3.8, 4) is 0 Å². The molecule has 1 rings (SSSR count). The molecule has 1 fully saturated rings. The first-order valence-corrected chi connectivity index (χ1v) is 6.72. The fourth-order valence-electron chi connectivity index (χ4n) is 2.41. The van der Waals surface area contributed by atoms with Gasteiger partial charge in [0.2, 0.25) is 5.91 Å². The Balaban J connectivity index is 2.54. The number of amides is 1. The van der Waals surface area contributed by atoms with E-state index in [-0.39, 0.29) is 18.4 Å². The number of carbonyl (C=O) groups is 2. The topological polar surface area (TPSA) is 87.7 Å². The Morgan fingerprint density at radius 1 is 1.42 bits per heavy atom. The van der Waals surface area contributed by atoms with E-state index in [4.69, 9.17) is 9.84 Å². The number of nitrogens with one attached hydrogen (secondary N) is 2. The van der Waals surface area contributed by atoms with Crippen molar-refractivity contribution in [3.63, 3.8) is 0 Å². The SMILES string of the molecule is COCC1(C(=O)NC(C)CCC(=O)O)CCNCC1. The van der Waals surface area contributed by atoms with Gasteiger partial charge >= 0.3 is 5.97 Å². The third-order valence-electron chi connectivity index (χ3n) is 3.63. The van der Waals surface area contributed by atoms with Crippen molar-refractivity contribution in [2.75, 3.05) is 26.8 Å². The summed E-state index contributed by atoms with van der Waals surface area (Å²) in [6.45, 7) is 3.86. The molecule has 6 nitrogen and oxygen atoms in total. The van der Waals surface area contributed by atoms with Crippen LogP contribution in [0.1, 0.15) is 32.6 Å². The maximum atomic E-state index is 12.4. The number of ether oxygens (including phenoxy) is 1. The third kappa shape index (κ3) is 4.80. The molecule has 19 heavy (non-hydrogen) atoms. The summed E-state index contributed by atoms with van der Waals surface area (Å²) in [6.07, 6.45) is 2.01. The van der Waals surface area contributed by atoms with Gasteiger partial charge in [-0.05, 0) is 39.3 Å². The van der Waals surface area contributed by atoms with Crippen LogP contribution in [0.2, 0.25) is 0 Å². The van der Waals surface area contributed by atoms with Crippen LogP contribution in [0.4, 0.5) is 0 Å². The number of piperidine rings is 1. The minimum Gasteiger partial charge on any atom is -0.481 e. The predicted molar refractivity (Wildman–Crippen MR) is 70.9 cm³/mol. The minimum absolute atomic E-state index is 0.0197. The molecule has 1 heterocycles. The summed E-state index contributed by atoms with van der Waals surface area (Å²) < 4.78 is 5.20. The summed E-state index contributed by atoms with van der Waals surface area (Å²) in [5, 5.41) is 14.8. The number of hydrogen-bond acceptors (Lipinski definition) is 4. The lowest BCUT2D eigenvalue weighted by molar-refractivity contribution is -0.139. The van der Waals surface area contributed by atoms with E-state index in [0.717, 1.165) is 25.9 Å². The summed E-state index contributed by atoms with van der Waals surface area (Å²) in [7, 11) is 1.60. The highest BCUT2D eigenvalue weighted by Gasteiger charge is 2.39. The molecule has 0 radical (unpaired) electrons. The van der Waals surface area contributed by atoms with Crippen molar-refractivity contribution in [2.24, 2.45) is 5.41 Å². The van der Waals surface area contributed by atoms with Crippen molar-refractivity contribution in [1.29, 1.82) is 0 Å². The summed E-state index contributed by atoms with van der Waals surface area (Å²) in [6, 6.07) is -0.132. The van der Waals surface area contributed by atoms with E-state index >= 15 is 0 Å². The van der Waals surface area contributed by atoms with Gasteiger partial charge in [0.1, 0.15) is 0 Å². The number of carboxylic acids is 1. The first kappa shape index (κ1) is 15.9. The average Bonchev–Trinajstić information content (AvgIpc) is 2.37. The molecule has 1 atom stereocenters. The van der Waals surface area contributed by atoms with Gasteiger partial charge in [0.15, 0.2) is 0 Å². The normalized spacial score (nSPS) is 19.7. The van der Waals surface area contributed by atoms with Gasteiger partial charge in [-0.1, -0.05) is 0 Å². The second-order valence-electron chi connectivity index (χ2n) is 5.27. The van der Waals surface area contributed by atoms with Crippen LogP contribution in [0.3, 0.4) is 0 Å². The van der Waals surface area contributed by atoms with E-state index in [1.165, 1.54) is 0 Å². The highest BCUT2D eigenvalue weighted by molar-refractivity contribution is 5.83. The Kier molecular flexibility index (Phi) is 6.24. The van der Waals surface area contributed by atoms with Gasteiger partial charge in [-0.25, -0.2) is 0 Å². The lowest BCUT2D eigenvalue weighted by atomic mass is 9.78. The number of hydrogen-bond donors (Lipinski definition) is 3. The van der Waals surface area contributed by atoms with Gasteiger partial charge in [0.25, 0.3) is 0 Å². The Morgan fingerprint density at radius 3 is 2.58 bits per heavy atom. The summed E-state index contributed by atoms with van der Waals surface area (Å²) in [5.41, 5.74) is -0.475. The molecule has 1 unspecified atom stereocenters.